The Hall–Kier alpha value is -0.870. The molecule has 72 valence electrons. The van der Waals surface area contributed by atoms with Gasteiger partial charge in [0.1, 0.15) is 5.02 Å². The Bertz CT molecular complexity index is 295. The standard InChI is InChI=1S/C8H10ClFN2O/c1-12(2-3-13)7-5-11-4-6(10)8(7)9/h4-5,13H,2-3H2,1H3. The van der Waals surface area contributed by atoms with Crippen LogP contribution in [0.15, 0.2) is 12.4 Å². The number of halogens is 2. The highest BCUT2D eigenvalue weighted by atomic mass is 35.5. The molecule has 0 aliphatic rings. The highest BCUT2D eigenvalue weighted by Crippen LogP contribution is 2.25. The molecule has 1 N–H and O–H groups in total. The first-order chi connectivity index (χ1) is 6.16. The summed E-state index contributed by atoms with van der Waals surface area (Å²) < 4.78 is 12.9. The third-order valence-corrected chi connectivity index (χ3v) is 2.04. The monoisotopic (exact) mass is 204 g/mol. The van der Waals surface area contributed by atoms with Gasteiger partial charge in [0.05, 0.1) is 24.7 Å². The molecule has 0 spiro atoms. The molecule has 0 fully saturated rings. The highest BCUT2D eigenvalue weighted by Gasteiger charge is 2.09. The van der Waals surface area contributed by atoms with Gasteiger partial charge in [-0.3, -0.25) is 4.98 Å². The summed E-state index contributed by atoms with van der Waals surface area (Å²) in [5.74, 6) is -0.552. The fourth-order valence-electron chi connectivity index (χ4n) is 0.946. The van der Waals surface area contributed by atoms with Gasteiger partial charge in [-0.25, -0.2) is 4.39 Å². The number of hydrogen-bond acceptors (Lipinski definition) is 3. The number of rotatable bonds is 3. The number of anilines is 1. The van der Waals surface area contributed by atoms with Crippen LogP contribution < -0.4 is 4.90 Å². The van der Waals surface area contributed by atoms with Crippen LogP contribution in [0.25, 0.3) is 0 Å². The van der Waals surface area contributed by atoms with Crippen molar-refractivity contribution in [2.45, 2.75) is 0 Å². The number of aromatic nitrogens is 1. The van der Waals surface area contributed by atoms with Crippen molar-refractivity contribution >= 4 is 17.3 Å². The molecule has 0 unspecified atom stereocenters. The summed E-state index contributed by atoms with van der Waals surface area (Å²) in [7, 11) is 1.71. The number of aliphatic hydroxyl groups is 1. The molecular weight excluding hydrogens is 195 g/mol. The Balaban J connectivity index is 2.93. The number of aliphatic hydroxyl groups excluding tert-OH is 1. The van der Waals surface area contributed by atoms with Gasteiger partial charge in [0.2, 0.25) is 0 Å². The number of nitrogens with zero attached hydrogens (tertiary/aromatic N) is 2. The molecule has 0 bridgehead atoms. The van der Waals surface area contributed by atoms with Crippen LogP contribution in [0.5, 0.6) is 0 Å². The van der Waals surface area contributed by atoms with E-state index in [1.165, 1.54) is 6.20 Å². The van der Waals surface area contributed by atoms with E-state index in [-0.39, 0.29) is 11.6 Å². The minimum Gasteiger partial charge on any atom is -0.395 e. The molecule has 13 heavy (non-hydrogen) atoms. The van der Waals surface area contributed by atoms with Gasteiger partial charge in [0, 0.05) is 13.6 Å². The fraction of sp³-hybridized carbons (Fsp3) is 0.375. The van der Waals surface area contributed by atoms with E-state index in [0.29, 0.717) is 12.2 Å². The Morgan fingerprint density at radius 2 is 2.31 bits per heavy atom. The Morgan fingerprint density at radius 1 is 1.62 bits per heavy atom. The predicted molar refractivity (Wildman–Crippen MR) is 49.6 cm³/mol. The van der Waals surface area contributed by atoms with E-state index in [4.69, 9.17) is 16.7 Å². The molecule has 0 amide bonds. The van der Waals surface area contributed by atoms with Gasteiger partial charge in [-0.2, -0.15) is 0 Å². The second-order valence-electron chi connectivity index (χ2n) is 2.60. The normalized spacial score (nSPS) is 10.2. The van der Waals surface area contributed by atoms with Gasteiger partial charge in [-0.1, -0.05) is 11.6 Å². The summed E-state index contributed by atoms with van der Waals surface area (Å²) in [6, 6.07) is 0. The first-order valence-corrected chi connectivity index (χ1v) is 4.15. The lowest BCUT2D eigenvalue weighted by atomic mass is 10.3. The van der Waals surface area contributed by atoms with E-state index in [1.54, 1.807) is 11.9 Å². The zero-order valence-electron chi connectivity index (χ0n) is 7.17. The van der Waals surface area contributed by atoms with E-state index in [9.17, 15) is 4.39 Å². The maximum Gasteiger partial charge on any atom is 0.162 e. The van der Waals surface area contributed by atoms with Gasteiger partial charge in [0.25, 0.3) is 0 Å². The molecule has 0 atom stereocenters. The van der Waals surface area contributed by atoms with Gasteiger partial charge >= 0.3 is 0 Å². The van der Waals surface area contributed by atoms with E-state index < -0.39 is 5.82 Å². The van der Waals surface area contributed by atoms with E-state index in [2.05, 4.69) is 4.98 Å². The number of pyridine rings is 1. The van der Waals surface area contributed by atoms with Crippen molar-refractivity contribution in [1.82, 2.24) is 4.98 Å². The Kier molecular flexibility index (Phi) is 3.45. The summed E-state index contributed by atoms with van der Waals surface area (Å²) in [6.07, 6.45) is 2.51. The molecule has 1 aromatic heterocycles. The quantitative estimate of drug-likeness (QED) is 0.807. The van der Waals surface area contributed by atoms with Crippen LogP contribution in [0.1, 0.15) is 0 Å². The van der Waals surface area contributed by atoms with Crippen molar-refractivity contribution in [2.75, 3.05) is 25.1 Å². The van der Waals surface area contributed by atoms with Crippen LogP contribution in [-0.2, 0) is 0 Å². The Labute approximate surface area is 80.8 Å². The summed E-state index contributed by atoms with van der Waals surface area (Å²) >= 11 is 5.69. The first-order valence-electron chi connectivity index (χ1n) is 3.77. The van der Waals surface area contributed by atoms with Gasteiger partial charge in [0.15, 0.2) is 5.82 Å². The van der Waals surface area contributed by atoms with Crippen molar-refractivity contribution in [2.24, 2.45) is 0 Å². The van der Waals surface area contributed by atoms with Crippen LogP contribution in [0, 0.1) is 5.82 Å². The van der Waals surface area contributed by atoms with E-state index in [0.717, 1.165) is 6.20 Å². The zero-order chi connectivity index (χ0) is 9.84. The molecule has 0 saturated carbocycles. The molecule has 1 heterocycles. The third kappa shape index (κ3) is 2.29. The highest BCUT2D eigenvalue weighted by molar-refractivity contribution is 6.33. The minimum atomic E-state index is -0.552. The lowest BCUT2D eigenvalue weighted by Gasteiger charge is -2.18. The molecule has 0 aromatic carbocycles. The number of hydrogen-bond donors (Lipinski definition) is 1. The SMILES string of the molecule is CN(CCO)c1cncc(F)c1Cl. The van der Waals surface area contributed by atoms with Gasteiger partial charge in [-0.05, 0) is 0 Å². The van der Waals surface area contributed by atoms with Crippen molar-refractivity contribution in [3.63, 3.8) is 0 Å². The second kappa shape index (κ2) is 4.39. The minimum absolute atomic E-state index is 0.0106. The Morgan fingerprint density at radius 3 is 2.92 bits per heavy atom. The van der Waals surface area contributed by atoms with Crippen molar-refractivity contribution < 1.29 is 9.50 Å². The van der Waals surface area contributed by atoms with Gasteiger partial charge < -0.3 is 10.0 Å². The summed E-state index contributed by atoms with van der Waals surface area (Å²) in [6.45, 7) is 0.383. The summed E-state index contributed by atoms with van der Waals surface area (Å²) in [4.78, 5) is 5.30. The average molecular weight is 205 g/mol. The van der Waals surface area contributed by atoms with Crippen LogP contribution in [0.4, 0.5) is 10.1 Å². The van der Waals surface area contributed by atoms with Crippen molar-refractivity contribution in [3.05, 3.63) is 23.2 Å². The molecule has 3 nitrogen and oxygen atoms in total. The zero-order valence-corrected chi connectivity index (χ0v) is 7.92. The lowest BCUT2D eigenvalue weighted by molar-refractivity contribution is 0.304. The van der Waals surface area contributed by atoms with Crippen molar-refractivity contribution in [3.8, 4) is 0 Å². The molecule has 0 saturated heterocycles. The second-order valence-corrected chi connectivity index (χ2v) is 2.98. The summed E-state index contributed by atoms with van der Waals surface area (Å²) in [5, 5.41) is 8.69. The molecule has 1 rings (SSSR count). The third-order valence-electron chi connectivity index (χ3n) is 1.67. The molecule has 5 heteroatoms. The first kappa shape index (κ1) is 10.2. The fourth-order valence-corrected chi connectivity index (χ4v) is 1.19. The van der Waals surface area contributed by atoms with Crippen molar-refractivity contribution in [1.29, 1.82) is 0 Å². The van der Waals surface area contributed by atoms with E-state index in [1.807, 2.05) is 0 Å². The van der Waals surface area contributed by atoms with Crippen LogP contribution in [0.3, 0.4) is 0 Å². The molecule has 0 radical (unpaired) electrons. The lowest BCUT2D eigenvalue weighted by Crippen LogP contribution is -2.21. The largest absolute Gasteiger partial charge is 0.395 e. The van der Waals surface area contributed by atoms with Crippen LogP contribution in [0.2, 0.25) is 5.02 Å². The molecule has 1 aromatic rings. The molecule has 0 aliphatic carbocycles. The molecular formula is C8H10ClFN2O. The van der Waals surface area contributed by atoms with E-state index >= 15 is 0 Å². The maximum atomic E-state index is 12.9. The smallest absolute Gasteiger partial charge is 0.162 e. The van der Waals surface area contributed by atoms with Gasteiger partial charge in [-0.15, -0.1) is 0 Å². The van der Waals surface area contributed by atoms with Crippen LogP contribution >= 0.6 is 11.6 Å². The predicted octanol–water partition coefficient (Wildman–Crippen LogP) is 1.30. The average Bonchev–Trinajstić information content (AvgIpc) is 2.10. The molecule has 0 aliphatic heterocycles. The summed E-state index contributed by atoms with van der Waals surface area (Å²) in [5.41, 5.74) is 0.482. The topological polar surface area (TPSA) is 36.4 Å². The maximum absolute atomic E-state index is 12.9. The van der Waals surface area contributed by atoms with Crippen LogP contribution in [-0.4, -0.2) is 30.3 Å². The number of likely N-dealkylation sites (N-methyl/N-ethyl adjacent to an activating group) is 1.